The number of likely N-dealkylation sites (N-methyl/N-ethyl adjacent to an activating group) is 1. The van der Waals surface area contributed by atoms with Crippen LogP contribution in [0.5, 0.6) is 0 Å². The van der Waals surface area contributed by atoms with Crippen molar-refractivity contribution >= 4 is 12.0 Å². The second kappa shape index (κ2) is 10.3. The van der Waals surface area contributed by atoms with Gasteiger partial charge in [0.2, 0.25) is 5.91 Å². The van der Waals surface area contributed by atoms with Gasteiger partial charge in [0.25, 0.3) is 0 Å². The Morgan fingerprint density at radius 2 is 1.93 bits per heavy atom. The normalized spacial score (nSPS) is 17.1. The van der Waals surface area contributed by atoms with Crippen molar-refractivity contribution in [3.8, 4) is 0 Å². The molecule has 1 aliphatic rings. The van der Waals surface area contributed by atoms with E-state index >= 15 is 0 Å². The summed E-state index contributed by atoms with van der Waals surface area (Å²) in [7, 11) is 3.92. The summed E-state index contributed by atoms with van der Waals surface area (Å²) in [4.78, 5) is 30.6. The molecular weight excluding hydrogens is 349 g/mol. The molecule has 1 aromatic carbocycles. The molecule has 6 nitrogen and oxygen atoms in total. The maximum Gasteiger partial charge on any atom is 0.409 e. The van der Waals surface area contributed by atoms with Gasteiger partial charge in [0.1, 0.15) is 5.82 Å². The fourth-order valence-electron chi connectivity index (χ4n) is 3.22. The van der Waals surface area contributed by atoms with Gasteiger partial charge in [-0.25, -0.2) is 9.18 Å². The first-order valence-electron chi connectivity index (χ1n) is 9.50. The molecule has 150 valence electrons. The van der Waals surface area contributed by atoms with E-state index in [9.17, 15) is 14.0 Å². The highest BCUT2D eigenvalue weighted by Crippen LogP contribution is 2.21. The van der Waals surface area contributed by atoms with Crippen molar-refractivity contribution in [2.75, 3.05) is 46.9 Å². The number of carbonyl (C=O) groups excluding carboxylic acids is 2. The summed E-state index contributed by atoms with van der Waals surface area (Å²) >= 11 is 0. The van der Waals surface area contributed by atoms with E-state index in [1.807, 2.05) is 23.9 Å². The van der Waals surface area contributed by atoms with Crippen molar-refractivity contribution in [2.45, 2.75) is 26.3 Å². The van der Waals surface area contributed by atoms with Crippen LogP contribution in [0.3, 0.4) is 0 Å². The van der Waals surface area contributed by atoms with Crippen molar-refractivity contribution in [3.63, 3.8) is 0 Å². The van der Waals surface area contributed by atoms with Gasteiger partial charge < -0.3 is 19.4 Å². The quantitative estimate of drug-likeness (QED) is 0.731. The van der Waals surface area contributed by atoms with Gasteiger partial charge in [-0.15, -0.1) is 0 Å². The molecule has 27 heavy (non-hydrogen) atoms. The Bertz CT molecular complexity index is 621. The third kappa shape index (κ3) is 6.50. The van der Waals surface area contributed by atoms with Crippen LogP contribution in [0, 0.1) is 11.7 Å². The molecule has 1 unspecified atom stereocenters. The van der Waals surface area contributed by atoms with Gasteiger partial charge in [-0.1, -0.05) is 12.1 Å². The van der Waals surface area contributed by atoms with E-state index < -0.39 is 0 Å². The number of rotatable bonds is 7. The molecule has 1 saturated heterocycles. The second-order valence-corrected chi connectivity index (χ2v) is 7.17. The fourth-order valence-corrected chi connectivity index (χ4v) is 3.22. The van der Waals surface area contributed by atoms with E-state index in [2.05, 4.69) is 0 Å². The van der Waals surface area contributed by atoms with Crippen LogP contribution in [0.15, 0.2) is 24.3 Å². The molecule has 0 saturated carbocycles. The predicted molar refractivity (Wildman–Crippen MR) is 102 cm³/mol. The highest BCUT2D eigenvalue weighted by Gasteiger charge is 2.31. The van der Waals surface area contributed by atoms with Gasteiger partial charge in [-0.2, -0.15) is 0 Å². The standard InChI is InChI=1S/C20H30FN3O3/c1-4-27-20(26)24-11-5-6-17(15-24)19(25)23(13-12-22(2)3)14-16-7-9-18(21)10-8-16/h7-10,17H,4-6,11-15H2,1-3H3. The number of nitrogens with zero attached hydrogens (tertiary/aromatic N) is 3. The molecule has 0 aromatic heterocycles. The molecule has 2 rings (SSSR count). The Balaban J connectivity index is 2.07. The van der Waals surface area contributed by atoms with Crippen LogP contribution in [0.2, 0.25) is 0 Å². The summed E-state index contributed by atoms with van der Waals surface area (Å²) in [6.07, 6.45) is 1.19. The minimum absolute atomic E-state index is 0.0372. The average molecular weight is 379 g/mol. The molecule has 1 heterocycles. The molecule has 0 aliphatic carbocycles. The number of ether oxygens (including phenoxy) is 1. The zero-order valence-electron chi connectivity index (χ0n) is 16.5. The Hall–Kier alpha value is -2.15. The topological polar surface area (TPSA) is 53.1 Å². The summed E-state index contributed by atoms with van der Waals surface area (Å²) < 4.78 is 18.2. The number of hydrogen-bond acceptors (Lipinski definition) is 4. The van der Waals surface area contributed by atoms with Gasteiger partial charge in [0.05, 0.1) is 12.5 Å². The van der Waals surface area contributed by atoms with Gasteiger partial charge >= 0.3 is 6.09 Å². The Kier molecular flexibility index (Phi) is 8.03. The van der Waals surface area contributed by atoms with Crippen LogP contribution in [-0.4, -0.2) is 73.6 Å². The zero-order chi connectivity index (χ0) is 19.8. The number of amides is 2. The summed E-state index contributed by atoms with van der Waals surface area (Å²) in [5.74, 6) is -0.483. The molecular formula is C20H30FN3O3. The number of halogens is 1. The summed E-state index contributed by atoms with van der Waals surface area (Å²) in [6.45, 7) is 4.87. The number of hydrogen-bond donors (Lipinski definition) is 0. The van der Waals surface area contributed by atoms with Gasteiger partial charge in [0.15, 0.2) is 0 Å². The molecule has 0 N–H and O–H groups in total. The molecule has 0 radical (unpaired) electrons. The smallest absolute Gasteiger partial charge is 0.409 e. The Morgan fingerprint density at radius 3 is 2.56 bits per heavy atom. The van der Waals surface area contributed by atoms with Crippen LogP contribution >= 0.6 is 0 Å². The largest absolute Gasteiger partial charge is 0.450 e. The molecule has 1 aromatic rings. The predicted octanol–water partition coefficient (Wildman–Crippen LogP) is 2.58. The number of piperidine rings is 1. The van der Waals surface area contributed by atoms with E-state index in [-0.39, 0.29) is 23.7 Å². The first kappa shape index (κ1) is 21.2. The molecule has 0 bridgehead atoms. The molecule has 2 amide bonds. The molecule has 0 spiro atoms. The Labute approximate surface area is 160 Å². The minimum Gasteiger partial charge on any atom is -0.450 e. The first-order chi connectivity index (χ1) is 12.9. The van der Waals surface area contributed by atoms with E-state index in [4.69, 9.17) is 4.74 Å². The van der Waals surface area contributed by atoms with E-state index in [0.717, 1.165) is 24.9 Å². The molecule has 1 aliphatic heterocycles. The lowest BCUT2D eigenvalue weighted by Crippen LogP contribution is -2.47. The van der Waals surface area contributed by atoms with Crippen molar-refractivity contribution in [1.82, 2.24) is 14.7 Å². The number of carbonyl (C=O) groups is 2. The van der Waals surface area contributed by atoms with Crippen LogP contribution in [0.4, 0.5) is 9.18 Å². The monoisotopic (exact) mass is 379 g/mol. The number of benzene rings is 1. The lowest BCUT2D eigenvalue weighted by molar-refractivity contribution is -0.137. The van der Waals surface area contributed by atoms with Crippen molar-refractivity contribution < 1.29 is 18.7 Å². The van der Waals surface area contributed by atoms with E-state index in [1.54, 1.807) is 24.0 Å². The minimum atomic E-state index is -0.353. The lowest BCUT2D eigenvalue weighted by Gasteiger charge is -2.35. The van der Waals surface area contributed by atoms with Crippen molar-refractivity contribution in [2.24, 2.45) is 5.92 Å². The van der Waals surface area contributed by atoms with Crippen molar-refractivity contribution in [3.05, 3.63) is 35.6 Å². The van der Waals surface area contributed by atoms with Gasteiger partial charge in [-0.05, 0) is 51.6 Å². The summed E-state index contributed by atoms with van der Waals surface area (Å²) in [5.41, 5.74) is 0.890. The van der Waals surface area contributed by atoms with E-state index in [1.165, 1.54) is 12.1 Å². The third-order valence-corrected chi connectivity index (χ3v) is 4.71. The maximum absolute atomic E-state index is 13.2. The SMILES string of the molecule is CCOC(=O)N1CCCC(C(=O)N(CCN(C)C)Cc2ccc(F)cc2)C1. The van der Waals surface area contributed by atoms with Gasteiger partial charge in [-0.3, -0.25) is 4.79 Å². The lowest BCUT2D eigenvalue weighted by atomic mass is 9.96. The summed E-state index contributed by atoms with van der Waals surface area (Å²) in [6, 6.07) is 6.23. The zero-order valence-corrected chi connectivity index (χ0v) is 16.5. The average Bonchev–Trinajstić information content (AvgIpc) is 2.66. The molecule has 1 atom stereocenters. The van der Waals surface area contributed by atoms with E-state index in [0.29, 0.717) is 32.8 Å². The summed E-state index contributed by atoms with van der Waals surface area (Å²) in [5, 5.41) is 0. The third-order valence-electron chi connectivity index (χ3n) is 4.71. The first-order valence-corrected chi connectivity index (χ1v) is 9.50. The van der Waals surface area contributed by atoms with Crippen molar-refractivity contribution in [1.29, 1.82) is 0 Å². The Morgan fingerprint density at radius 1 is 1.22 bits per heavy atom. The van der Waals surface area contributed by atoms with Gasteiger partial charge in [0, 0.05) is 32.7 Å². The van der Waals surface area contributed by atoms with Crippen LogP contribution in [-0.2, 0) is 16.1 Å². The highest BCUT2D eigenvalue weighted by atomic mass is 19.1. The fraction of sp³-hybridized carbons (Fsp3) is 0.600. The van der Waals surface area contributed by atoms with Crippen LogP contribution in [0.25, 0.3) is 0 Å². The second-order valence-electron chi connectivity index (χ2n) is 7.17. The van der Waals surface area contributed by atoms with Crippen LogP contribution < -0.4 is 0 Å². The molecule has 7 heteroatoms. The highest BCUT2D eigenvalue weighted by molar-refractivity contribution is 5.80. The van der Waals surface area contributed by atoms with Crippen LogP contribution in [0.1, 0.15) is 25.3 Å². The molecule has 1 fully saturated rings. The maximum atomic E-state index is 13.2. The number of likely N-dealkylation sites (tertiary alicyclic amines) is 1.